The number of sulfone groups is 1. The van der Waals surface area contributed by atoms with Crippen molar-refractivity contribution in [2.45, 2.75) is 13.5 Å². The Balaban J connectivity index is 1.41. The van der Waals surface area contributed by atoms with Gasteiger partial charge in [-0.2, -0.15) is 4.99 Å². The van der Waals surface area contributed by atoms with Gasteiger partial charge in [-0.15, -0.1) is 6.42 Å². The number of carbonyl (C=O) groups is 2. The number of fused-ring (bicyclic) bond motifs is 1. The van der Waals surface area contributed by atoms with Crippen LogP contribution in [0.5, 0.6) is 0 Å². The zero-order valence-electron chi connectivity index (χ0n) is 19.4. The molecule has 2 heterocycles. The smallest absolute Gasteiger partial charge is 0.263 e. The molecule has 10 heteroatoms. The van der Waals surface area contributed by atoms with Crippen molar-refractivity contribution >= 4 is 48.9 Å². The summed E-state index contributed by atoms with van der Waals surface area (Å²) in [4.78, 5) is 33.3. The molecule has 0 bridgehead atoms. The van der Waals surface area contributed by atoms with Crippen molar-refractivity contribution in [3.8, 4) is 12.3 Å². The van der Waals surface area contributed by atoms with Crippen LogP contribution in [0, 0.1) is 19.3 Å². The summed E-state index contributed by atoms with van der Waals surface area (Å²) < 4.78 is 27.9. The average Bonchev–Trinajstić information content (AvgIpc) is 3.14. The number of para-hydroxylation sites is 1. The fourth-order valence-electron chi connectivity index (χ4n) is 4.02. The number of amides is 2. The Labute approximate surface area is 208 Å². The van der Waals surface area contributed by atoms with Crippen molar-refractivity contribution < 1.29 is 18.0 Å². The summed E-state index contributed by atoms with van der Waals surface area (Å²) in [6, 6.07) is 15.6. The Hall–Kier alpha value is -3.42. The van der Waals surface area contributed by atoms with Crippen molar-refractivity contribution in [1.82, 2.24) is 9.47 Å². The normalized spacial score (nSPS) is 14.8. The highest BCUT2D eigenvalue weighted by Crippen LogP contribution is 2.19. The van der Waals surface area contributed by atoms with Gasteiger partial charge in [0.1, 0.15) is 11.5 Å². The molecule has 0 unspecified atom stereocenters. The van der Waals surface area contributed by atoms with Crippen LogP contribution in [0.25, 0.3) is 10.2 Å². The molecule has 1 aromatic heterocycles. The Morgan fingerprint density at radius 3 is 2.46 bits per heavy atom. The van der Waals surface area contributed by atoms with Crippen molar-refractivity contribution in [3.63, 3.8) is 0 Å². The molecular weight excluding hydrogens is 484 g/mol. The lowest BCUT2D eigenvalue weighted by molar-refractivity contribution is -0.128. The monoisotopic (exact) mass is 510 g/mol. The molecule has 182 valence electrons. The van der Waals surface area contributed by atoms with Gasteiger partial charge < -0.3 is 14.4 Å². The molecule has 1 fully saturated rings. The summed E-state index contributed by atoms with van der Waals surface area (Å²) >= 11 is 1.27. The summed E-state index contributed by atoms with van der Waals surface area (Å²) in [5.74, 6) is -0.313. The molecule has 0 atom stereocenters. The van der Waals surface area contributed by atoms with Crippen LogP contribution in [0.2, 0.25) is 0 Å². The van der Waals surface area contributed by atoms with E-state index in [1.165, 1.54) is 16.2 Å². The number of rotatable bonds is 6. The first-order valence-electron chi connectivity index (χ1n) is 11.1. The van der Waals surface area contributed by atoms with E-state index >= 15 is 0 Å². The maximum atomic E-state index is 12.6. The molecule has 0 aliphatic carbocycles. The number of aryl methyl sites for hydroxylation is 1. The number of carbonyl (C=O) groups excluding carboxylic acids is 2. The highest BCUT2D eigenvalue weighted by atomic mass is 32.2. The van der Waals surface area contributed by atoms with E-state index in [4.69, 9.17) is 6.42 Å². The molecule has 1 saturated heterocycles. The molecule has 0 spiro atoms. The molecule has 4 rings (SSSR count). The number of benzene rings is 2. The maximum absolute atomic E-state index is 12.6. The molecule has 0 saturated carbocycles. The van der Waals surface area contributed by atoms with Gasteiger partial charge in [0, 0.05) is 31.9 Å². The lowest BCUT2D eigenvalue weighted by atomic mass is 10.2. The van der Waals surface area contributed by atoms with Crippen molar-refractivity contribution in [1.29, 1.82) is 0 Å². The first-order chi connectivity index (χ1) is 16.8. The van der Waals surface area contributed by atoms with Crippen molar-refractivity contribution in [2.75, 3.05) is 42.6 Å². The zero-order valence-corrected chi connectivity index (χ0v) is 21.0. The lowest BCUT2D eigenvalue weighted by Gasteiger charge is -2.36. The van der Waals surface area contributed by atoms with Gasteiger partial charge in [0.05, 0.1) is 16.8 Å². The first-order valence-corrected chi connectivity index (χ1v) is 13.8. The minimum absolute atomic E-state index is 0.204. The second-order valence-electron chi connectivity index (χ2n) is 8.39. The minimum Gasteiger partial charge on any atom is -0.368 e. The van der Waals surface area contributed by atoms with Crippen LogP contribution in [0.15, 0.2) is 53.5 Å². The predicted molar refractivity (Wildman–Crippen MR) is 138 cm³/mol. The fourth-order valence-corrected chi connectivity index (χ4v) is 6.27. The van der Waals surface area contributed by atoms with Crippen LogP contribution in [-0.4, -0.2) is 67.4 Å². The summed E-state index contributed by atoms with van der Waals surface area (Å²) in [6.45, 7) is 4.24. The van der Waals surface area contributed by atoms with E-state index in [2.05, 4.69) is 15.8 Å². The second kappa shape index (κ2) is 10.5. The van der Waals surface area contributed by atoms with Crippen LogP contribution in [0.3, 0.4) is 0 Å². The third kappa shape index (κ3) is 5.99. The standard InChI is InChI=1S/C25H26N4O4S2/c1-3-11-29-21-10-9-19(2)16-22(21)34-25(29)26-23(30)17-35(32,33)18-24(31)28-14-12-27(13-15-28)20-7-5-4-6-8-20/h1,4-10,16H,11-15,17-18H2,2H3. The van der Waals surface area contributed by atoms with Crippen molar-refractivity contribution in [2.24, 2.45) is 4.99 Å². The van der Waals surface area contributed by atoms with E-state index in [-0.39, 0.29) is 6.54 Å². The number of thiazole rings is 1. The molecule has 1 aliphatic rings. The lowest BCUT2D eigenvalue weighted by Crippen LogP contribution is -2.50. The second-order valence-corrected chi connectivity index (χ2v) is 11.5. The third-order valence-electron chi connectivity index (χ3n) is 5.75. The third-order valence-corrected chi connectivity index (χ3v) is 8.16. The zero-order chi connectivity index (χ0) is 25.0. The number of terminal acetylenes is 1. The molecule has 8 nitrogen and oxygen atoms in total. The number of nitrogens with zero attached hydrogens (tertiary/aromatic N) is 4. The van der Waals surface area contributed by atoms with Gasteiger partial charge in [0.2, 0.25) is 5.91 Å². The Morgan fingerprint density at radius 2 is 1.77 bits per heavy atom. The van der Waals surface area contributed by atoms with Gasteiger partial charge in [-0.25, -0.2) is 8.42 Å². The number of piperazine rings is 1. The highest BCUT2D eigenvalue weighted by molar-refractivity contribution is 7.92. The minimum atomic E-state index is -3.97. The predicted octanol–water partition coefficient (Wildman–Crippen LogP) is 1.84. The fraction of sp³-hybridized carbons (Fsp3) is 0.320. The van der Waals surface area contributed by atoms with Crippen LogP contribution >= 0.6 is 11.3 Å². The van der Waals surface area contributed by atoms with E-state index in [0.717, 1.165) is 21.5 Å². The van der Waals surface area contributed by atoms with Gasteiger partial charge >= 0.3 is 0 Å². The molecule has 2 amide bonds. The van der Waals surface area contributed by atoms with Gasteiger partial charge in [0.25, 0.3) is 5.91 Å². The molecule has 2 aromatic carbocycles. The Bertz CT molecular complexity index is 1460. The van der Waals surface area contributed by atoms with E-state index < -0.39 is 33.2 Å². The SMILES string of the molecule is C#CCn1c(=NC(=O)CS(=O)(=O)CC(=O)N2CCN(c3ccccc3)CC2)sc2cc(C)ccc21. The molecular formula is C25H26N4O4S2. The average molecular weight is 511 g/mol. The Kier molecular flexibility index (Phi) is 7.38. The van der Waals surface area contributed by atoms with Crippen LogP contribution < -0.4 is 9.70 Å². The van der Waals surface area contributed by atoms with Gasteiger partial charge in [-0.1, -0.05) is 41.5 Å². The molecule has 3 aromatic rings. The van der Waals surface area contributed by atoms with E-state index in [1.54, 1.807) is 4.57 Å². The van der Waals surface area contributed by atoms with Crippen LogP contribution in [-0.2, 0) is 26.0 Å². The maximum Gasteiger partial charge on any atom is 0.263 e. The van der Waals surface area contributed by atoms with Crippen molar-refractivity contribution in [3.05, 3.63) is 58.9 Å². The first kappa shape index (κ1) is 24.7. The molecule has 0 N–H and O–H groups in total. The largest absolute Gasteiger partial charge is 0.368 e. The summed E-state index contributed by atoms with van der Waals surface area (Å²) in [7, 11) is -3.97. The van der Waals surface area contributed by atoms with Gasteiger partial charge in [-0.3, -0.25) is 9.59 Å². The highest BCUT2D eigenvalue weighted by Gasteiger charge is 2.27. The van der Waals surface area contributed by atoms with Crippen LogP contribution in [0.4, 0.5) is 5.69 Å². The molecule has 35 heavy (non-hydrogen) atoms. The van der Waals surface area contributed by atoms with E-state index in [1.807, 2.05) is 55.5 Å². The van der Waals surface area contributed by atoms with E-state index in [0.29, 0.717) is 31.0 Å². The molecule has 1 aliphatic heterocycles. The topological polar surface area (TPSA) is 92.0 Å². The van der Waals surface area contributed by atoms with Gasteiger partial charge in [-0.05, 0) is 36.8 Å². The molecule has 0 radical (unpaired) electrons. The number of hydrogen-bond donors (Lipinski definition) is 0. The summed E-state index contributed by atoms with van der Waals surface area (Å²) in [6.07, 6.45) is 5.48. The van der Waals surface area contributed by atoms with Gasteiger partial charge in [0.15, 0.2) is 14.6 Å². The van der Waals surface area contributed by atoms with E-state index in [9.17, 15) is 18.0 Å². The Morgan fingerprint density at radius 1 is 1.06 bits per heavy atom. The summed E-state index contributed by atoms with van der Waals surface area (Å²) in [5, 5.41) is 0. The number of anilines is 1. The van der Waals surface area contributed by atoms with Crippen LogP contribution in [0.1, 0.15) is 5.56 Å². The summed E-state index contributed by atoms with van der Waals surface area (Å²) in [5.41, 5.74) is 2.95. The quantitative estimate of drug-likeness (QED) is 0.472. The number of aromatic nitrogens is 1. The number of hydrogen-bond acceptors (Lipinski definition) is 6.